The van der Waals surface area contributed by atoms with Crippen molar-refractivity contribution in [3.05, 3.63) is 0 Å². The maximum Gasteiger partial charge on any atom is 0.358 e. The minimum absolute atomic E-state index is 0.136. The Morgan fingerprint density at radius 2 is 2.11 bits per heavy atom. The molecular formula is C12H23NO5. The first-order valence-electron chi connectivity index (χ1n) is 6.26. The first-order valence-corrected chi connectivity index (χ1v) is 6.26. The van der Waals surface area contributed by atoms with Crippen LogP contribution in [0, 0.1) is 0 Å². The van der Waals surface area contributed by atoms with Crippen LogP contribution in [-0.4, -0.2) is 51.8 Å². The van der Waals surface area contributed by atoms with E-state index in [1.165, 1.54) is 0 Å². The van der Waals surface area contributed by atoms with E-state index in [1.807, 2.05) is 0 Å². The summed E-state index contributed by atoms with van der Waals surface area (Å²) in [5.74, 6) is -0.874. The van der Waals surface area contributed by atoms with Gasteiger partial charge in [-0.2, -0.15) is 0 Å². The topological polar surface area (TPSA) is 79.2 Å². The van der Waals surface area contributed by atoms with Gasteiger partial charge in [0.25, 0.3) is 5.72 Å². The molecule has 1 unspecified atom stereocenters. The van der Waals surface area contributed by atoms with Crippen molar-refractivity contribution in [2.24, 2.45) is 0 Å². The second-order valence-corrected chi connectivity index (χ2v) is 5.41. The molecule has 1 saturated heterocycles. The summed E-state index contributed by atoms with van der Waals surface area (Å²) in [7, 11) is 0. The molecule has 1 aliphatic rings. The molecule has 0 aliphatic carbocycles. The number of aliphatic hydroxyl groups excluding tert-OH is 1. The molecule has 0 radical (unpaired) electrons. The lowest BCUT2D eigenvalue weighted by Gasteiger charge is -2.45. The average Bonchev–Trinajstić information content (AvgIpc) is 2.23. The molecule has 0 spiro atoms. The normalized spacial score (nSPS) is 30.2. The van der Waals surface area contributed by atoms with Gasteiger partial charge in [-0.1, -0.05) is 0 Å². The molecule has 0 aromatic rings. The fourth-order valence-corrected chi connectivity index (χ4v) is 1.89. The summed E-state index contributed by atoms with van der Waals surface area (Å²) in [5.41, 5.74) is -2.70. The number of hydrogen-bond acceptors (Lipinski definition) is 6. The zero-order valence-corrected chi connectivity index (χ0v) is 11.5. The Bertz CT molecular complexity index is 301. The van der Waals surface area contributed by atoms with Crippen LogP contribution in [0.3, 0.4) is 0 Å². The van der Waals surface area contributed by atoms with Gasteiger partial charge in [-0.3, -0.25) is 4.84 Å². The highest BCUT2D eigenvalue weighted by atomic mass is 16.7. The number of hydrogen-bond donors (Lipinski definition) is 2. The van der Waals surface area contributed by atoms with E-state index in [2.05, 4.69) is 0 Å². The number of carbonyl (C=O) groups is 1. The van der Waals surface area contributed by atoms with Crippen LogP contribution >= 0.6 is 0 Å². The van der Waals surface area contributed by atoms with Gasteiger partial charge in [0.2, 0.25) is 0 Å². The van der Waals surface area contributed by atoms with E-state index < -0.39 is 23.4 Å². The number of hydroxylamine groups is 2. The van der Waals surface area contributed by atoms with Crippen LogP contribution in [0.2, 0.25) is 0 Å². The third-order valence-electron chi connectivity index (χ3n) is 2.64. The SMILES string of the molecule is CCOC(=O)[C@]1(O)C(O)CCCN1OC(C)(C)C. The summed E-state index contributed by atoms with van der Waals surface area (Å²) in [6.45, 7) is 7.56. The minimum atomic E-state index is -2.12. The van der Waals surface area contributed by atoms with Crippen LogP contribution in [-0.2, 0) is 14.4 Å². The fraction of sp³-hybridized carbons (Fsp3) is 0.917. The third-order valence-corrected chi connectivity index (χ3v) is 2.64. The first-order chi connectivity index (χ1) is 8.21. The molecule has 0 saturated carbocycles. The molecular weight excluding hydrogens is 238 g/mol. The maximum atomic E-state index is 11.9. The molecule has 18 heavy (non-hydrogen) atoms. The van der Waals surface area contributed by atoms with Gasteiger partial charge in [-0.25, -0.2) is 4.79 Å². The van der Waals surface area contributed by atoms with Crippen molar-refractivity contribution in [1.82, 2.24) is 5.06 Å². The summed E-state index contributed by atoms with van der Waals surface area (Å²) >= 11 is 0. The Kier molecular flexibility index (Phi) is 4.72. The minimum Gasteiger partial charge on any atom is -0.463 e. The lowest BCUT2D eigenvalue weighted by atomic mass is 9.97. The van der Waals surface area contributed by atoms with E-state index >= 15 is 0 Å². The van der Waals surface area contributed by atoms with Crippen molar-refractivity contribution < 1.29 is 24.6 Å². The van der Waals surface area contributed by atoms with Crippen LogP contribution in [0.4, 0.5) is 0 Å². The van der Waals surface area contributed by atoms with E-state index in [0.717, 1.165) is 5.06 Å². The van der Waals surface area contributed by atoms with Crippen molar-refractivity contribution >= 4 is 5.97 Å². The monoisotopic (exact) mass is 261 g/mol. The Hall–Kier alpha value is -0.690. The molecule has 1 heterocycles. The Balaban J connectivity index is 2.94. The average molecular weight is 261 g/mol. The van der Waals surface area contributed by atoms with Gasteiger partial charge in [0, 0.05) is 6.54 Å². The molecule has 1 fully saturated rings. The van der Waals surface area contributed by atoms with E-state index in [4.69, 9.17) is 9.57 Å². The van der Waals surface area contributed by atoms with Crippen LogP contribution in [0.15, 0.2) is 0 Å². The van der Waals surface area contributed by atoms with Crippen LogP contribution in [0.5, 0.6) is 0 Å². The quantitative estimate of drug-likeness (QED) is 0.717. The molecule has 2 N–H and O–H groups in total. The molecule has 2 atom stereocenters. The summed E-state index contributed by atoms with van der Waals surface area (Å²) in [6, 6.07) is 0. The van der Waals surface area contributed by atoms with Gasteiger partial charge in [-0.15, -0.1) is 5.06 Å². The zero-order valence-electron chi connectivity index (χ0n) is 11.5. The highest BCUT2D eigenvalue weighted by molar-refractivity contribution is 5.79. The van der Waals surface area contributed by atoms with Gasteiger partial charge >= 0.3 is 5.97 Å². The fourth-order valence-electron chi connectivity index (χ4n) is 1.89. The van der Waals surface area contributed by atoms with E-state index in [0.29, 0.717) is 19.4 Å². The molecule has 1 rings (SSSR count). The van der Waals surface area contributed by atoms with Crippen molar-refractivity contribution in [3.8, 4) is 0 Å². The van der Waals surface area contributed by atoms with E-state index in [1.54, 1.807) is 27.7 Å². The number of esters is 1. The maximum absolute atomic E-state index is 11.9. The van der Waals surface area contributed by atoms with E-state index in [9.17, 15) is 15.0 Å². The smallest absolute Gasteiger partial charge is 0.358 e. The van der Waals surface area contributed by atoms with Crippen molar-refractivity contribution in [2.45, 2.75) is 58.0 Å². The molecule has 106 valence electrons. The standard InChI is InChI=1S/C12H23NO5/c1-5-17-10(15)12(16)9(14)7-6-8-13(12)18-11(2,3)4/h9,14,16H,5-8H2,1-4H3/t9?,12-/m1/s1. The zero-order chi connectivity index (χ0) is 14.0. The second kappa shape index (κ2) is 5.52. The molecule has 0 amide bonds. The van der Waals surface area contributed by atoms with Gasteiger partial charge in [0.15, 0.2) is 0 Å². The molecule has 0 aromatic carbocycles. The number of carbonyl (C=O) groups excluding carboxylic acids is 1. The Labute approximate surface area is 107 Å². The Morgan fingerprint density at radius 3 is 2.61 bits per heavy atom. The highest BCUT2D eigenvalue weighted by Gasteiger charge is 2.54. The van der Waals surface area contributed by atoms with Crippen molar-refractivity contribution in [1.29, 1.82) is 0 Å². The van der Waals surface area contributed by atoms with Crippen LogP contribution in [0.1, 0.15) is 40.5 Å². The molecule has 0 bridgehead atoms. The number of ether oxygens (including phenoxy) is 1. The largest absolute Gasteiger partial charge is 0.463 e. The summed E-state index contributed by atoms with van der Waals surface area (Å²) in [6.07, 6.45) is -0.245. The third kappa shape index (κ3) is 3.20. The van der Waals surface area contributed by atoms with Crippen LogP contribution in [0.25, 0.3) is 0 Å². The lowest BCUT2D eigenvalue weighted by Crippen LogP contribution is -2.66. The Morgan fingerprint density at radius 1 is 1.50 bits per heavy atom. The number of nitrogens with zero attached hydrogens (tertiary/aromatic N) is 1. The molecule has 6 nitrogen and oxygen atoms in total. The lowest BCUT2D eigenvalue weighted by molar-refractivity contribution is -0.355. The summed E-state index contributed by atoms with van der Waals surface area (Å²) in [5, 5.41) is 21.5. The van der Waals surface area contributed by atoms with Gasteiger partial charge in [0.05, 0.1) is 12.2 Å². The number of piperidine rings is 1. The second-order valence-electron chi connectivity index (χ2n) is 5.41. The molecule has 1 aliphatic heterocycles. The first kappa shape index (κ1) is 15.4. The van der Waals surface area contributed by atoms with Crippen LogP contribution < -0.4 is 0 Å². The van der Waals surface area contributed by atoms with Gasteiger partial charge in [-0.05, 0) is 40.5 Å². The highest BCUT2D eigenvalue weighted by Crippen LogP contribution is 2.30. The van der Waals surface area contributed by atoms with Gasteiger partial charge < -0.3 is 14.9 Å². The molecule has 0 aromatic heterocycles. The van der Waals surface area contributed by atoms with Crippen molar-refractivity contribution in [2.75, 3.05) is 13.2 Å². The van der Waals surface area contributed by atoms with E-state index in [-0.39, 0.29) is 6.61 Å². The molecule has 6 heteroatoms. The number of aliphatic hydroxyl groups is 2. The predicted molar refractivity (Wildman–Crippen MR) is 64.4 cm³/mol. The number of rotatable bonds is 3. The van der Waals surface area contributed by atoms with Gasteiger partial charge in [0.1, 0.15) is 6.10 Å². The van der Waals surface area contributed by atoms with Crippen molar-refractivity contribution in [3.63, 3.8) is 0 Å². The summed E-state index contributed by atoms with van der Waals surface area (Å²) in [4.78, 5) is 17.4. The predicted octanol–water partition coefficient (Wildman–Crippen LogP) is 0.425. The summed E-state index contributed by atoms with van der Waals surface area (Å²) < 4.78 is 4.83.